The van der Waals surface area contributed by atoms with E-state index in [0.29, 0.717) is 12.8 Å². The van der Waals surface area contributed by atoms with Crippen LogP contribution in [0.1, 0.15) is 12.0 Å². The molecule has 0 heterocycles. The van der Waals surface area contributed by atoms with Crippen molar-refractivity contribution in [2.45, 2.75) is 12.8 Å². The summed E-state index contributed by atoms with van der Waals surface area (Å²) in [6, 6.07) is 12.0. The summed E-state index contributed by atoms with van der Waals surface area (Å²) in [7, 11) is 1.64. The van der Waals surface area contributed by atoms with Crippen molar-refractivity contribution in [2.75, 3.05) is 7.11 Å². The third kappa shape index (κ3) is 2.59. The second kappa shape index (κ2) is 5.19. The number of rotatable bonds is 4. The predicted octanol–water partition coefficient (Wildman–Crippen LogP) is 3.55. The van der Waals surface area contributed by atoms with Gasteiger partial charge in [-0.2, -0.15) is 0 Å². The van der Waals surface area contributed by atoms with Crippen molar-refractivity contribution in [3.05, 3.63) is 42.0 Å². The molecule has 0 unspecified atom stereocenters. The number of fused-ring (bicyclic) bond motifs is 1. The highest BCUT2D eigenvalue weighted by Gasteiger charge is 2.09. The van der Waals surface area contributed by atoms with Gasteiger partial charge in [-0.15, -0.1) is 0 Å². The van der Waals surface area contributed by atoms with Gasteiger partial charge in [0.15, 0.2) is 0 Å². The van der Waals surface area contributed by atoms with Gasteiger partial charge in [0.2, 0.25) is 5.24 Å². The summed E-state index contributed by atoms with van der Waals surface area (Å²) >= 11 is 5.39. The van der Waals surface area contributed by atoms with E-state index >= 15 is 0 Å². The monoisotopic (exact) mass is 248 g/mol. The van der Waals surface area contributed by atoms with Crippen LogP contribution in [0.25, 0.3) is 10.8 Å². The number of ether oxygens (including phenoxy) is 1. The number of halogens is 1. The number of carbonyl (C=O) groups excluding carboxylic acids is 1. The van der Waals surface area contributed by atoms with E-state index in [1.54, 1.807) is 7.11 Å². The first kappa shape index (κ1) is 11.9. The highest BCUT2D eigenvalue weighted by molar-refractivity contribution is 6.63. The van der Waals surface area contributed by atoms with Crippen molar-refractivity contribution in [3.8, 4) is 5.75 Å². The first-order chi connectivity index (χ1) is 8.22. The van der Waals surface area contributed by atoms with Crippen molar-refractivity contribution in [1.29, 1.82) is 0 Å². The van der Waals surface area contributed by atoms with Crippen LogP contribution in [0.3, 0.4) is 0 Å². The first-order valence-electron chi connectivity index (χ1n) is 5.45. The molecule has 0 amide bonds. The zero-order valence-electron chi connectivity index (χ0n) is 9.57. The molecule has 0 aliphatic rings. The van der Waals surface area contributed by atoms with Crippen LogP contribution in [0.5, 0.6) is 5.75 Å². The molecule has 0 spiro atoms. The van der Waals surface area contributed by atoms with Crippen molar-refractivity contribution >= 4 is 27.6 Å². The van der Waals surface area contributed by atoms with E-state index in [9.17, 15) is 4.79 Å². The third-order valence-electron chi connectivity index (χ3n) is 2.79. The molecule has 0 bridgehead atoms. The van der Waals surface area contributed by atoms with E-state index in [0.717, 1.165) is 22.1 Å². The second-order valence-electron chi connectivity index (χ2n) is 3.82. The smallest absolute Gasteiger partial charge is 0.221 e. The molecule has 2 nitrogen and oxygen atoms in total. The maximum absolute atomic E-state index is 10.9. The maximum Gasteiger partial charge on any atom is 0.221 e. The molecular formula is C14H13ClO2. The topological polar surface area (TPSA) is 26.3 Å². The normalized spacial score (nSPS) is 10.5. The van der Waals surface area contributed by atoms with Gasteiger partial charge in [0.25, 0.3) is 0 Å². The summed E-state index contributed by atoms with van der Waals surface area (Å²) in [6.07, 6.45) is 0.929. The molecule has 2 aromatic rings. The summed E-state index contributed by atoms with van der Waals surface area (Å²) in [5.41, 5.74) is 1.04. The number of benzene rings is 2. The van der Waals surface area contributed by atoms with Crippen LogP contribution in [-0.4, -0.2) is 12.4 Å². The van der Waals surface area contributed by atoms with E-state index in [-0.39, 0.29) is 5.24 Å². The van der Waals surface area contributed by atoms with E-state index < -0.39 is 0 Å². The molecule has 17 heavy (non-hydrogen) atoms. The number of hydrogen-bond donors (Lipinski definition) is 0. The van der Waals surface area contributed by atoms with Gasteiger partial charge in [0, 0.05) is 12.0 Å². The Hall–Kier alpha value is -1.54. The molecule has 0 aromatic heterocycles. The Kier molecular flexibility index (Phi) is 3.64. The fourth-order valence-corrected chi connectivity index (χ4v) is 2.08. The second-order valence-corrected chi connectivity index (χ2v) is 4.24. The van der Waals surface area contributed by atoms with Crippen LogP contribution in [0.15, 0.2) is 36.4 Å². The minimum absolute atomic E-state index is 0.319. The molecule has 0 aliphatic heterocycles. The number of hydrogen-bond acceptors (Lipinski definition) is 2. The first-order valence-corrected chi connectivity index (χ1v) is 5.83. The fraction of sp³-hybridized carbons (Fsp3) is 0.214. The van der Waals surface area contributed by atoms with E-state index in [1.165, 1.54) is 0 Å². The molecule has 0 atom stereocenters. The van der Waals surface area contributed by atoms with Gasteiger partial charge in [-0.25, -0.2) is 0 Å². The van der Waals surface area contributed by atoms with Crippen LogP contribution in [-0.2, 0) is 11.2 Å². The van der Waals surface area contributed by atoms with Gasteiger partial charge < -0.3 is 4.74 Å². The molecule has 0 aliphatic carbocycles. The Morgan fingerprint density at radius 3 is 2.71 bits per heavy atom. The lowest BCUT2D eigenvalue weighted by Crippen LogP contribution is -1.97. The van der Waals surface area contributed by atoms with Gasteiger partial charge in [-0.3, -0.25) is 4.79 Å². The standard InChI is InChI=1S/C14H13ClO2/c1-17-13-8-6-10-4-2-3-5-11(10)12(13)7-9-14(15)16/h2-6,8H,7,9H2,1H3. The van der Waals surface area contributed by atoms with Crippen LogP contribution in [0.4, 0.5) is 0 Å². The SMILES string of the molecule is COc1ccc2ccccc2c1CCC(=O)Cl. The zero-order valence-corrected chi connectivity index (χ0v) is 10.3. The average molecular weight is 249 g/mol. The Labute approximate surface area is 105 Å². The quantitative estimate of drug-likeness (QED) is 0.774. The lowest BCUT2D eigenvalue weighted by molar-refractivity contribution is -0.111. The number of aryl methyl sites for hydroxylation is 1. The van der Waals surface area contributed by atoms with Gasteiger partial charge in [-0.1, -0.05) is 30.3 Å². The predicted molar refractivity (Wildman–Crippen MR) is 69.7 cm³/mol. The van der Waals surface area contributed by atoms with Gasteiger partial charge in [0.1, 0.15) is 5.75 Å². The van der Waals surface area contributed by atoms with Crippen molar-refractivity contribution in [3.63, 3.8) is 0 Å². The van der Waals surface area contributed by atoms with E-state index in [2.05, 4.69) is 0 Å². The molecule has 0 radical (unpaired) electrons. The Balaban J connectivity index is 2.50. The average Bonchev–Trinajstić information content (AvgIpc) is 2.35. The summed E-state index contributed by atoms with van der Waals surface area (Å²) in [6.45, 7) is 0. The van der Waals surface area contributed by atoms with Crippen LogP contribution in [0.2, 0.25) is 0 Å². The lowest BCUT2D eigenvalue weighted by atomic mass is 10.00. The maximum atomic E-state index is 10.9. The highest BCUT2D eigenvalue weighted by atomic mass is 35.5. The molecule has 2 aromatic carbocycles. The fourth-order valence-electron chi connectivity index (χ4n) is 1.99. The Morgan fingerprint density at radius 1 is 1.24 bits per heavy atom. The lowest BCUT2D eigenvalue weighted by Gasteiger charge is -2.11. The molecule has 88 valence electrons. The molecule has 0 saturated carbocycles. The molecule has 0 N–H and O–H groups in total. The van der Waals surface area contributed by atoms with Crippen LogP contribution >= 0.6 is 11.6 Å². The summed E-state index contributed by atoms with van der Waals surface area (Å²) in [5, 5.41) is 1.94. The molecule has 0 saturated heterocycles. The summed E-state index contributed by atoms with van der Waals surface area (Å²) < 4.78 is 5.33. The number of methoxy groups -OCH3 is 1. The van der Waals surface area contributed by atoms with E-state index in [4.69, 9.17) is 16.3 Å². The number of carbonyl (C=O) groups is 1. The highest BCUT2D eigenvalue weighted by Crippen LogP contribution is 2.29. The third-order valence-corrected chi connectivity index (χ3v) is 2.98. The minimum atomic E-state index is -0.319. The van der Waals surface area contributed by atoms with Gasteiger partial charge >= 0.3 is 0 Å². The van der Waals surface area contributed by atoms with Crippen molar-refractivity contribution in [1.82, 2.24) is 0 Å². The summed E-state index contributed by atoms with van der Waals surface area (Å²) in [5.74, 6) is 0.807. The van der Waals surface area contributed by atoms with Gasteiger partial charge in [0.05, 0.1) is 7.11 Å². The minimum Gasteiger partial charge on any atom is -0.496 e. The van der Waals surface area contributed by atoms with Crippen LogP contribution in [0, 0.1) is 0 Å². The molecular weight excluding hydrogens is 236 g/mol. The summed E-state index contributed by atoms with van der Waals surface area (Å²) in [4.78, 5) is 10.9. The molecule has 2 rings (SSSR count). The van der Waals surface area contributed by atoms with Crippen molar-refractivity contribution < 1.29 is 9.53 Å². The van der Waals surface area contributed by atoms with E-state index in [1.807, 2.05) is 36.4 Å². The zero-order chi connectivity index (χ0) is 12.3. The van der Waals surface area contributed by atoms with Crippen molar-refractivity contribution in [2.24, 2.45) is 0 Å². The Bertz CT molecular complexity index is 549. The Morgan fingerprint density at radius 2 is 2.00 bits per heavy atom. The molecule has 0 fully saturated rings. The largest absolute Gasteiger partial charge is 0.496 e. The van der Waals surface area contributed by atoms with Crippen LogP contribution < -0.4 is 4.74 Å². The molecule has 3 heteroatoms. The van der Waals surface area contributed by atoms with Gasteiger partial charge in [-0.05, 0) is 34.9 Å².